The summed E-state index contributed by atoms with van der Waals surface area (Å²) in [7, 11) is 0. The Labute approximate surface area is 123 Å². The van der Waals surface area contributed by atoms with E-state index in [1.807, 2.05) is 24.3 Å². The summed E-state index contributed by atoms with van der Waals surface area (Å²) in [4.78, 5) is 5.55. The highest BCUT2D eigenvalue weighted by Crippen LogP contribution is 2.52. The summed E-state index contributed by atoms with van der Waals surface area (Å²) in [6.45, 7) is 5.66. The van der Waals surface area contributed by atoms with E-state index in [2.05, 4.69) is 45.8 Å². The lowest BCUT2D eigenvalue weighted by Gasteiger charge is -2.20. The van der Waals surface area contributed by atoms with Crippen molar-refractivity contribution in [2.45, 2.75) is 23.8 Å². The van der Waals surface area contributed by atoms with Crippen molar-refractivity contribution in [2.24, 2.45) is 5.92 Å². The molecule has 0 spiro atoms. The summed E-state index contributed by atoms with van der Waals surface area (Å²) >= 11 is 1.90. The summed E-state index contributed by atoms with van der Waals surface area (Å²) in [5.74, 6) is 0.853. The van der Waals surface area contributed by atoms with Gasteiger partial charge in [0.05, 0.1) is 0 Å². The van der Waals surface area contributed by atoms with Gasteiger partial charge in [-0.3, -0.25) is 4.98 Å². The molecule has 1 aliphatic carbocycles. The minimum Gasteiger partial charge on any atom is -0.310 e. The number of rotatable bonds is 4. The van der Waals surface area contributed by atoms with Gasteiger partial charge in [-0.25, -0.2) is 4.31 Å². The molecule has 20 heavy (non-hydrogen) atoms. The molecule has 1 aromatic carbocycles. The van der Waals surface area contributed by atoms with E-state index in [1.165, 1.54) is 28.6 Å². The summed E-state index contributed by atoms with van der Waals surface area (Å²) in [6, 6.07) is 8.60. The van der Waals surface area contributed by atoms with Crippen LogP contribution in [0.1, 0.15) is 13.3 Å². The number of nitrogens with one attached hydrogen (secondary N) is 1. The Balaban J connectivity index is 1.55. The number of nitrogens with zero attached hydrogens (tertiary/aromatic N) is 2. The second-order valence-electron chi connectivity index (χ2n) is 5.85. The Morgan fingerprint density at radius 2 is 2.40 bits per heavy atom. The highest BCUT2D eigenvalue weighted by Gasteiger charge is 2.59. The monoisotopic (exact) mass is 285 g/mol. The maximum absolute atomic E-state index is 4.21. The van der Waals surface area contributed by atoms with Crippen molar-refractivity contribution < 1.29 is 0 Å². The van der Waals surface area contributed by atoms with Crippen molar-refractivity contribution in [3.8, 4) is 0 Å². The molecule has 4 rings (SSSR count). The molecular formula is C16H19N3S. The van der Waals surface area contributed by atoms with E-state index in [0.717, 1.165) is 19.0 Å². The van der Waals surface area contributed by atoms with Crippen LogP contribution in [0.15, 0.2) is 41.6 Å². The number of aromatic nitrogens is 1. The van der Waals surface area contributed by atoms with E-state index in [0.29, 0.717) is 5.54 Å². The highest BCUT2D eigenvalue weighted by molar-refractivity contribution is 7.97. The number of fused-ring (bicyclic) bond motifs is 2. The van der Waals surface area contributed by atoms with Crippen LogP contribution >= 0.6 is 11.9 Å². The first-order valence-electron chi connectivity index (χ1n) is 7.31. The van der Waals surface area contributed by atoms with E-state index in [4.69, 9.17) is 0 Å². The fourth-order valence-electron chi connectivity index (χ4n) is 3.44. The summed E-state index contributed by atoms with van der Waals surface area (Å²) in [6.07, 6.45) is 5.19. The zero-order valence-electron chi connectivity index (χ0n) is 11.7. The van der Waals surface area contributed by atoms with Crippen LogP contribution in [-0.4, -0.2) is 34.5 Å². The molecule has 2 heterocycles. The van der Waals surface area contributed by atoms with Gasteiger partial charge in [0, 0.05) is 41.3 Å². The van der Waals surface area contributed by atoms with Crippen LogP contribution in [-0.2, 0) is 0 Å². The van der Waals surface area contributed by atoms with Gasteiger partial charge in [0.25, 0.3) is 0 Å². The van der Waals surface area contributed by atoms with Crippen molar-refractivity contribution in [3.05, 3.63) is 36.7 Å². The molecule has 0 amide bonds. The first kappa shape index (κ1) is 12.6. The molecular weight excluding hydrogens is 266 g/mol. The van der Waals surface area contributed by atoms with Crippen LogP contribution in [0.3, 0.4) is 0 Å². The van der Waals surface area contributed by atoms with Gasteiger partial charge in [0.2, 0.25) is 0 Å². The Morgan fingerprint density at radius 3 is 3.30 bits per heavy atom. The van der Waals surface area contributed by atoms with Gasteiger partial charge in [-0.05, 0) is 48.4 Å². The molecule has 2 unspecified atom stereocenters. The lowest BCUT2D eigenvalue weighted by molar-refractivity contribution is 0.450. The Kier molecular flexibility index (Phi) is 2.98. The third-order valence-corrected chi connectivity index (χ3v) is 5.60. The fourth-order valence-corrected chi connectivity index (χ4v) is 4.70. The lowest BCUT2D eigenvalue weighted by atomic mass is 10.2. The Bertz CT molecular complexity index is 639. The predicted octanol–water partition coefficient (Wildman–Crippen LogP) is 2.93. The molecule has 2 fully saturated rings. The van der Waals surface area contributed by atoms with Gasteiger partial charge in [0.15, 0.2) is 0 Å². The summed E-state index contributed by atoms with van der Waals surface area (Å²) in [5.41, 5.74) is 0.424. The molecule has 3 nitrogen and oxygen atoms in total. The molecule has 1 aromatic heterocycles. The van der Waals surface area contributed by atoms with Crippen LogP contribution in [0.4, 0.5) is 0 Å². The second kappa shape index (κ2) is 4.72. The predicted molar refractivity (Wildman–Crippen MR) is 83.7 cm³/mol. The normalized spacial score (nSPS) is 28.8. The van der Waals surface area contributed by atoms with E-state index in [9.17, 15) is 0 Å². The van der Waals surface area contributed by atoms with Crippen molar-refractivity contribution in [2.75, 3.05) is 19.6 Å². The minimum absolute atomic E-state index is 0.424. The molecule has 2 aromatic rings. The maximum Gasteiger partial charge on any atom is 0.0363 e. The van der Waals surface area contributed by atoms with Gasteiger partial charge >= 0.3 is 0 Å². The average molecular weight is 285 g/mol. The van der Waals surface area contributed by atoms with E-state index >= 15 is 0 Å². The first-order valence-corrected chi connectivity index (χ1v) is 8.09. The van der Waals surface area contributed by atoms with Gasteiger partial charge in [0.1, 0.15) is 0 Å². The number of hydrogen-bond acceptors (Lipinski definition) is 4. The van der Waals surface area contributed by atoms with Crippen molar-refractivity contribution in [1.29, 1.82) is 0 Å². The quantitative estimate of drug-likeness (QED) is 0.874. The maximum atomic E-state index is 4.21. The fraction of sp³-hybridized carbons (Fsp3) is 0.438. The van der Waals surface area contributed by atoms with Crippen LogP contribution in [0.5, 0.6) is 0 Å². The summed E-state index contributed by atoms with van der Waals surface area (Å²) in [5, 5.41) is 6.22. The molecule has 2 atom stereocenters. The Hall–Kier alpha value is -1.10. The van der Waals surface area contributed by atoms with Crippen LogP contribution in [0.25, 0.3) is 10.8 Å². The molecule has 0 radical (unpaired) electrons. The van der Waals surface area contributed by atoms with Crippen molar-refractivity contribution >= 4 is 22.7 Å². The molecule has 1 saturated heterocycles. The van der Waals surface area contributed by atoms with E-state index < -0.39 is 0 Å². The first-order chi connectivity index (χ1) is 9.81. The minimum atomic E-state index is 0.424. The SMILES string of the molecule is CCNC12CC1CN(Sc1cccc3cnccc13)C2. The van der Waals surface area contributed by atoms with Gasteiger partial charge in [-0.2, -0.15) is 0 Å². The van der Waals surface area contributed by atoms with Crippen molar-refractivity contribution in [1.82, 2.24) is 14.6 Å². The van der Waals surface area contributed by atoms with Gasteiger partial charge in [-0.1, -0.05) is 19.1 Å². The number of hydrogen-bond donors (Lipinski definition) is 1. The molecule has 2 aliphatic rings. The lowest BCUT2D eigenvalue weighted by Crippen LogP contribution is -2.36. The molecule has 104 valence electrons. The zero-order valence-corrected chi connectivity index (χ0v) is 12.5. The van der Waals surface area contributed by atoms with Crippen LogP contribution in [0, 0.1) is 5.92 Å². The van der Waals surface area contributed by atoms with Crippen molar-refractivity contribution in [3.63, 3.8) is 0 Å². The van der Waals surface area contributed by atoms with Gasteiger partial charge in [-0.15, -0.1) is 0 Å². The number of piperidine rings is 1. The van der Waals surface area contributed by atoms with Gasteiger partial charge < -0.3 is 5.32 Å². The molecule has 0 bridgehead atoms. The summed E-state index contributed by atoms with van der Waals surface area (Å²) < 4.78 is 2.52. The third kappa shape index (κ3) is 2.03. The zero-order chi connectivity index (χ0) is 13.6. The molecule has 1 N–H and O–H groups in total. The second-order valence-corrected chi connectivity index (χ2v) is 6.99. The standard InChI is InChI=1S/C16H19N3S/c1-2-18-16-8-13(16)10-19(11-16)20-15-5-3-4-12-9-17-7-6-14(12)15/h3-7,9,13,18H,2,8,10-11H2,1H3. The van der Waals surface area contributed by atoms with Crippen LogP contribution in [0.2, 0.25) is 0 Å². The largest absolute Gasteiger partial charge is 0.310 e. The Morgan fingerprint density at radius 1 is 1.45 bits per heavy atom. The smallest absolute Gasteiger partial charge is 0.0363 e. The van der Waals surface area contributed by atoms with Crippen LogP contribution < -0.4 is 5.32 Å². The van der Waals surface area contributed by atoms with E-state index in [-0.39, 0.29) is 0 Å². The molecule has 1 aliphatic heterocycles. The average Bonchev–Trinajstić information content (AvgIpc) is 3.01. The highest BCUT2D eigenvalue weighted by atomic mass is 32.2. The molecule has 1 saturated carbocycles. The number of likely N-dealkylation sites (N-methyl/N-ethyl adjacent to an activating group) is 1. The topological polar surface area (TPSA) is 28.2 Å². The molecule has 4 heteroatoms. The number of pyridine rings is 1. The van der Waals surface area contributed by atoms with E-state index in [1.54, 1.807) is 0 Å². The number of benzene rings is 1. The third-order valence-electron chi connectivity index (χ3n) is 4.51.